The molecular formula is C16H28N4O8. The second kappa shape index (κ2) is 11.9. The molecule has 0 bridgehead atoms. The molecule has 0 radical (unpaired) electrons. The number of amides is 3. The van der Waals surface area contributed by atoms with Crippen molar-refractivity contribution < 1.29 is 39.3 Å². The summed E-state index contributed by atoms with van der Waals surface area (Å²) in [6.07, 6.45) is -0.473. The van der Waals surface area contributed by atoms with Gasteiger partial charge in [-0.1, -0.05) is 13.8 Å². The zero-order valence-corrected chi connectivity index (χ0v) is 16.0. The van der Waals surface area contributed by atoms with Crippen LogP contribution in [0.5, 0.6) is 0 Å². The van der Waals surface area contributed by atoms with Crippen molar-refractivity contribution in [1.82, 2.24) is 16.0 Å². The van der Waals surface area contributed by atoms with Crippen LogP contribution in [0, 0.1) is 5.92 Å². The van der Waals surface area contributed by atoms with Gasteiger partial charge in [-0.2, -0.15) is 0 Å². The maximum absolute atomic E-state index is 12.3. The van der Waals surface area contributed by atoms with Crippen molar-refractivity contribution in [2.75, 3.05) is 6.61 Å². The Morgan fingerprint density at radius 2 is 1.36 bits per heavy atom. The van der Waals surface area contributed by atoms with Crippen LogP contribution in [0.4, 0.5) is 0 Å². The topological polar surface area (TPSA) is 208 Å². The molecule has 8 N–H and O–H groups in total. The summed E-state index contributed by atoms with van der Waals surface area (Å²) in [7, 11) is 0. The second-order valence-electron chi connectivity index (χ2n) is 6.71. The molecule has 0 aromatic carbocycles. The van der Waals surface area contributed by atoms with Crippen molar-refractivity contribution >= 4 is 29.7 Å². The van der Waals surface area contributed by atoms with Gasteiger partial charge in [-0.3, -0.25) is 24.0 Å². The lowest BCUT2D eigenvalue weighted by molar-refractivity contribution is -0.143. The van der Waals surface area contributed by atoms with E-state index in [-0.39, 0.29) is 5.92 Å². The van der Waals surface area contributed by atoms with Gasteiger partial charge in [0.25, 0.3) is 0 Å². The van der Waals surface area contributed by atoms with Gasteiger partial charge in [-0.05, 0) is 19.3 Å². The molecule has 12 heteroatoms. The Morgan fingerprint density at radius 1 is 0.857 bits per heavy atom. The Morgan fingerprint density at radius 3 is 1.79 bits per heavy atom. The molecule has 3 amide bonds. The standard InChI is InChI=1S/C16H28N4O8/c1-7(2)4-9(17)13(24)19-10(5-12(22)23)14(25)20-11(6-21)15(26)18-8(3)16(27)28/h7-11,21H,4-6,17H2,1-3H3,(H,18,26)(H,19,24)(H,20,25)(H,22,23)(H,27,28)/t8-,9-,10-,11-/m0/s1. The Kier molecular flexibility index (Phi) is 10.7. The Hall–Kier alpha value is -2.73. The first kappa shape index (κ1) is 25.3. The van der Waals surface area contributed by atoms with E-state index in [1.165, 1.54) is 6.92 Å². The predicted octanol–water partition coefficient (Wildman–Crippen LogP) is -2.61. The fraction of sp³-hybridized carbons (Fsp3) is 0.688. The Balaban J connectivity index is 5.12. The number of carboxylic acid groups (broad SMARTS) is 2. The highest BCUT2D eigenvalue weighted by molar-refractivity contribution is 5.95. The summed E-state index contributed by atoms with van der Waals surface area (Å²) in [6, 6.07) is -5.31. The molecule has 0 aliphatic heterocycles. The number of nitrogens with two attached hydrogens (primary N) is 1. The van der Waals surface area contributed by atoms with E-state index in [4.69, 9.17) is 15.9 Å². The summed E-state index contributed by atoms with van der Waals surface area (Å²) >= 11 is 0. The first-order valence-corrected chi connectivity index (χ1v) is 8.61. The van der Waals surface area contributed by atoms with Crippen molar-refractivity contribution in [3.63, 3.8) is 0 Å². The van der Waals surface area contributed by atoms with Crippen molar-refractivity contribution in [2.45, 2.75) is 57.8 Å². The molecule has 0 unspecified atom stereocenters. The highest BCUT2D eigenvalue weighted by atomic mass is 16.4. The van der Waals surface area contributed by atoms with Crippen molar-refractivity contribution in [1.29, 1.82) is 0 Å². The SMILES string of the molecule is CC(C)C[C@H](N)C(=O)N[C@@H](CC(=O)O)C(=O)N[C@@H](CO)C(=O)N[C@@H](C)C(=O)O. The third kappa shape index (κ3) is 9.28. The largest absolute Gasteiger partial charge is 0.481 e. The monoisotopic (exact) mass is 404 g/mol. The number of rotatable bonds is 12. The van der Waals surface area contributed by atoms with E-state index in [0.717, 1.165) is 0 Å². The van der Waals surface area contributed by atoms with Gasteiger partial charge in [0.05, 0.1) is 19.1 Å². The van der Waals surface area contributed by atoms with Crippen molar-refractivity contribution in [3.8, 4) is 0 Å². The summed E-state index contributed by atoms with van der Waals surface area (Å²) in [5.41, 5.74) is 5.71. The highest BCUT2D eigenvalue weighted by Gasteiger charge is 2.30. The molecule has 0 spiro atoms. The smallest absolute Gasteiger partial charge is 0.325 e. The number of carboxylic acids is 2. The third-order valence-corrected chi connectivity index (χ3v) is 3.62. The normalized spacial score (nSPS) is 15.1. The molecule has 0 fully saturated rings. The van der Waals surface area contributed by atoms with Crippen LogP contribution in [0.1, 0.15) is 33.6 Å². The van der Waals surface area contributed by atoms with E-state index in [2.05, 4.69) is 16.0 Å². The fourth-order valence-electron chi connectivity index (χ4n) is 2.12. The molecular weight excluding hydrogens is 376 g/mol. The lowest BCUT2D eigenvalue weighted by Crippen LogP contribution is -2.58. The molecule has 0 saturated heterocycles. The molecule has 0 rings (SSSR count). The van der Waals surface area contributed by atoms with Crippen LogP contribution in [-0.4, -0.2) is 75.8 Å². The maximum Gasteiger partial charge on any atom is 0.325 e. The Bertz CT molecular complexity index is 595. The number of carbonyl (C=O) groups excluding carboxylic acids is 3. The summed E-state index contributed by atoms with van der Waals surface area (Å²) in [5, 5.41) is 33.4. The van der Waals surface area contributed by atoms with Crippen LogP contribution in [-0.2, 0) is 24.0 Å². The first-order valence-electron chi connectivity index (χ1n) is 8.61. The van der Waals surface area contributed by atoms with E-state index in [9.17, 15) is 29.1 Å². The number of carbonyl (C=O) groups is 5. The Labute approximate surface area is 161 Å². The van der Waals surface area contributed by atoms with Crippen LogP contribution >= 0.6 is 0 Å². The van der Waals surface area contributed by atoms with Gasteiger partial charge in [0, 0.05) is 0 Å². The van der Waals surface area contributed by atoms with Gasteiger partial charge in [-0.15, -0.1) is 0 Å². The number of nitrogens with one attached hydrogen (secondary N) is 3. The average molecular weight is 404 g/mol. The van der Waals surface area contributed by atoms with Crippen LogP contribution in [0.25, 0.3) is 0 Å². The number of aliphatic hydroxyl groups is 1. The zero-order chi connectivity index (χ0) is 22.0. The van der Waals surface area contributed by atoms with Crippen LogP contribution in [0.3, 0.4) is 0 Å². The average Bonchev–Trinajstić information content (AvgIpc) is 2.57. The lowest BCUT2D eigenvalue weighted by atomic mass is 10.0. The summed E-state index contributed by atoms with van der Waals surface area (Å²) < 4.78 is 0. The first-order chi connectivity index (χ1) is 12.9. The molecule has 0 aromatic heterocycles. The minimum atomic E-state index is -1.54. The highest BCUT2D eigenvalue weighted by Crippen LogP contribution is 2.04. The number of aliphatic carboxylic acids is 2. The molecule has 0 heterocycles. The zero-order valence-electron chi connectivity index (χ0n) is 16.0. The molecule has 28 heavy (non-hydrogen) atoms. The molecule has 0 aromatic rings. The summed E-state index contributed by atoms with van der Waals surface area (Å²) in [6.45, 7) is 3.97. The summed E-state index contributed by atoms with van der Waals surface area (Å²) in [4.78, 5) is 58.1. The minimum Gasteiger partial charge on any atom is -0.481 e. The van der Waals surface area contributed by atoms with E-state index in [0.29, 0.717) is 6.42 Å². The molecule has 4 atom stereocenters. The van der Waals surface area contributed by atoms with Crippen LogP contribution in [0.2, 0.25) is 0 Å². The second-order valence-corrected chi connectivity index (χ2v) is 6.71. The van der Waals surface area contributed by atoms with Gasteiger partial charge in [0.15, 0.2) is 0 Å². The number of hydrogen-bond donors (Lipinski definition) is 7. The van der Waals surface area contributed by atoms with Crippen molar-refractivity contribution in [2.24, 2.45) is 11.7 Å². The molecule has 0 aliphatic rings. The van der Waals surface area contributed by atoms with Crippen molar-refractivity contribution in [3.05, 3.63) is 0 Å². The molecule has 0 saturated carbocycles. The maximum atomic E-state index is 12.3. The minimum absolute atomic E-state index is 0.0891. The number of aliphatic hydroxyl groups excluding tert-OH is 1. The molecule has 12 nitrogen and oxygen atoms in total. The fourth-order valence-corrected chi connectivity index (χ4v) is 2.12. The van der Waals surface area contributed by atoms with E-state index in [1.54, 1.807) is 0 Å². The quantitative estimate of drug-likeness (QED) is 0.181. The van der Waals surface area contributed by atoms with E-state index < -0.39 is 66.9 Å². The van der Waals surface area contributed by atoms with Gasteiger partial charge in [0.1, 0.15) is 18.1 Å². The predicted molar refractivity (Wildman–Crippen MR) is 95.9 cm³/mol. The van der Waals surface area contributed by atoms with Gasteiger partial charge < -0.3 is 37.0 Å². The van der Waals surface area contributed by atoms with Crippen LogP contribution in [0.15, 0.2) is 0 Å². The molecule has 0 aliphatic carbocycles. The van der Waals surface area contributed by atoms with Gasteiger partial charge >= 0.3 is 11.9 Å². The van der Waals surface area contributed by atoms with Gasteiger partial charge in [-0.25, -0.2) is 0 Å². The molecule has 160 valence electrons. The summed E-state index contributed by atoms with van der Waals surface area (Å²) in [5.74, 6) is -5.38. The lowest BCUT2D eigenvalue weighted by Gasteiger charge is -2.23. The third-order valence-electron chi connectivity index (χ3n) is 3.62. The number of hydrogen-bond acceptors (Lipinski definition) is 7. The van der Waals surface area contributed by atoms with E-state index >= 15 is 0 Å². The van der Waals surface area contributed by atoms with Crippen LogP contribution < -0.4 is 21.7 Å². The van der Waals surface area contributed by atoms with E-state index in [1.807, 2.05) is 13.8 Å². The van der Waals surface area contributed by atoms with Gasteiger partial charge in [0.2, 0.25) is 17.7 Å².